The summed E-state index contributed by atoms with van der Waals surface area (Å²) in [6.45, 7) is 5.14. The molecule has 0 aliphatic rings. The summed E-state index contributed by atoms with van der Waals surface area (Å²) in [4.78, 5) is 8.55. The van der Waals surface area contributed by atoms with Crippen LogP contribution in [0.3, 0.4) is 0 Å². The number of hydrogen-bond acceptors (Lipinski definition) is 5. The Hall–Kier alpha value is -2.61. The maximum absolute atomic E-state index is 8.88. The molecule has 0 fully saturated rings. The van der Waals surface area contributed by atoms with Gasteiger partial charge in [-0.3, -0.25) is 0 Å². The van der Waals surface area contributed by atoms with Crippen molar-refractivity contribution in [2.75, 3.05) is 17.2 Å². The van der Waals surface area contributed by atoms with Crippen molar-refractivity contribution in [2.24, 2.45) is 5.92 Å². The second kappa shape index (κ2) is 6.53. The van der Waals surface area contributed by atoms with Crippen LogP contribution in [0.2, 0.25) is 0 Å². The zero-order valence-corrected chi connectivity index (χ0v) is 11.6. The topological polar surface area (TPSA) is 73.6 Å². The molecule has 0 aliphatic heterocycles. The SMILES string of the molecule is CC(C)CNc1ccnc(Nc2cccc(C#N)c2)n1. The van der Waals surface area contributed by atoms with Gasteiger partial charge in [0, 0.05) is 18.4 Å². The Balaban J connectivity index is 2.09. The molecule has 2 N–H and O–H groups in total. The number of aromatic nitrogens is 2. The molecule has 0 saturated carbocycles. The summed E-state index contributed by atoms with van der Waals surface area (Å²) in [6.07, 6.45) is 1.70. The molecule has 20 heavy (non-hydrogen) atoms. The minimum Gasteiger partial charge on any atom is -0.370 e. The molecule has 102 valence electrons. The summed E-state index contributed by atoms with van der Waals surface area (Å²) in [6, 6.07) is 11.1. The van der Waals surface area contributed by atoms with E-state index in [9.17, 15) is 0 Å². The third-order valence-corrected chi connectivity index (χ3v) is 2.59. The lowest BCUT2D eigenvalue weighted by atomic mass is 10.2. The van der Waals surface area contributed by atoms with E-state index in [0.717, 1.165) is 18.1 Å². The summed E-state index contributed by atoms with van der Waals surface area (Å²) in [5.41, 5.74) is 1.40. The molecule has 2 aromatic rings. The fourth-order valence-electron chi connectivity index (χ4n) is 1.62. The van der Waals surface area contributed by atoms with Crippen molar-refractivity contribution in [1.82, 2.24) is 9.97 Å². The zero-order valence-electron chi connectivity index (χ0n) is 11.6. The maximum atomic E-state index is 8.88. The van der Waals surface area contributed by atoms with Gasteiger partial charge in [-0.15, -0.1) is 0 Å². The van der Waals surface area contributed by atoms with Crippen LogP contribution in [0, 0.1) is 17.2 Å². The Bertz CT molecular complexity index is 616. The number of hydrogen-bond donors (Lipinski definition) is 2. The molecule has 0 bridgehead atoms. The Morgan fingerprint density at radius 3 is 2.90 bits per heavy atom. The van der Waals surface area contributed by atoms with Crippen LogP contribution in [0.5, 0.6) is 0 Å². The Kier molecular flexibility index (Phi) is 4.51. The van der Waals surface area contributed by atoms with Crippen LogP contribution in [-0.2, 0) is 0 Å². The van der Waals surface area contributed by atoms with E-state index in [0.29, 0.717) is 17.4 Å². The predicted molar refractivity (Wildman–Crippen MR) is 79.8 cm³/mol. The molecule has 1 aromatic carbocycles. The average molecular weight is 267 g/mol. The normalized spacial score (nSPS) is 10.1. The van der Waals surface area contributed by atoms with Gasteiger partial charge in [0.25, 0.3) is 0 Å². The zero-order chi connectivity index (χ0) is 14.4. The molecule has 0 aliphatic carbocycles. The van der Waals surface area contributed by atoms with Gasteiger partial charge in [-0.05, 0) is 30.2 Å². The molecule has 0 atom stereocenters. The van der Waals surface area contributed by atoms with Gasteiger partial charge in [0.15, 0.2) is 0 Å². The molecular formula is C15H17N5. The smallest absolute Gasteiger partial charge is 0.229 e. The first-order chi connectivity index (χ1) is 9.67. The second-order valence-electron chi connectivity index (χ2n) is 4.86. The summed E-state index contributed by atoms with van der Waals surface area (Å²) in [7, 11) is 0. The van der Waals surface area contributed by atoms with Gasteiger partial charge in [0.1, 0.15) is 5.82 Å². The van der Waals surface area contributed by atoms with Gasteiger partial charge >= 0.3 is 0 Å². The minimum absolute atomic E-state index is 0.508. The van der Waals surface area contributed by atoms with Crippen molar-refractivity contribution in [2.45, 2.75) is 13.8 Å². The van der Waals surface area contributed by atoms with Crippen LogP contribution in [0.4, 0.5) is 17.5 Å². The van der Waals surface area contributed by atoms with E-state index in [1.165, 1.54) is 0 Å². The Labute approximate surface area is 118 Å². The van der Waals surface area contributed by atoms with Crippen molar-refractivity contribution in [3.63, 3.8) is 0 Å². The summed E-state index contributed by atoms with van der Waals surface area (Å²) in [5.74, 6) is 1.84. The van der Waals surface area contributed by atoms with Crippen molar-refractivity contribution in [3.05, 3.63) is 42.1 Å². The monoisotopic (exact) mass is 267 g/mol. The summed E-state index contributed by atoms with van der Waals surface area (Å²) < 4.78 is 0. The van der Waals surface area contributed by atoms with Crippen molar-refractivity contribution in [1.29, 1.82) is 5.26 Å². The number of benzene rings is 1. The van der Waals surface area contributed by atoms with Crippen molar-refractivity contribution >= 4 is 17.5 Å². The van der Waals surface area contributed by atoms with Crippen LogP contribution in [0.1, 0.15) is 19.4 Å². The number of rotatable bonds is 5. The van der Waals surface area contributed by atoms with E-state index in [2.05, 4.69) is 40.5 Å². The van der Waals surface area contributed by atoms with E-state index in [-0.39, 0.29) is 0 Å². The van der Waals surface area contributed by atoms with Gasteiger partial charge in [-0.25, -0.2) is 4.98 Å². The van der Waals surface area contributed by atoms with Gasteiger partial charge in [-0.1, -0.05) is 19.9 Å². The van der Waals surface area contributed by atoms with E-state index in [1.807, 2.05) is 18.2 Å². The molecule has 0 spiro atoms. The van der Waals surface area contributed by atoms with Gasteiger partial charge in [0.05, 0.1) is 11.6 Å². The fraction of sp³-hybridized carbons (Fsp3) is 0.267. The Morgan fingerprint density at radius 1 is 1.30 bits per heavy atom. The first-order valence-corrected chi connectivity index (χ1v) is 6.51. The van der Waals surface area contributed by atoms with Crippen LogP contribution < -0.4 is 10.6 Å². The van der Waals surface area contributed by atoms with E-state index >= 15 is 0 Å². The Morgan fingerprint density at radius 2 is 2.15 bits per heavy atom. The predicted octanol–water partition coefficient (Wildman–Crippen LogP) is 3.16. The lowest BCUT2D eigenvalue weighted by molar-refractivity contribution is 0.687. The first-order valence-electron chi connectivity index (χ1n) is 6.51. The van der Waals surface area contributed by atoms with E-state index in [1.54, 1.807) is 18.3 Å². The molecule has 1 heterocycles. The van der Waals surface area contributed by atoms with E-state index < -0.39 is 0 Å². The van der Waals surface area contributed by atoms with Gasteiger partial charge < -0.3 is 10.6 Å². The van der Waals surface area contributed by atoms with Gasteiger partial charge in [-0.2, -0.15) is 10.2 Å². The molecule has 5 heteroatoms. The number of anilines is 3. The molecule has 0 saturated heterocycles. The number of nitrogens with zero attached hydrogens (tertiary/aromatic N) is 3. The summed E-state index contributed by atoms with van der Waals surface area (Å²) in [5, 5.41) is 15.2. The van der Waals surface area contributed by atoms with Crippen LogP contribution in [0.25, 0.3) is 0 Å². The third kappa shape index (κ3) is 3.95. The highest BCUT2D eigenvalue weighted by atomic mass is 15.1. The second-order valence-corrected chi connectivity index (χ2v) is 4.86. The largest absolute Gasteiger partial charge is 0.370 e. The molecule has 0 amide bonds. The quantitative estimate of drug-likeness (QED) is 0.870. The van der Waals surface area contributed by atoms with Gasteiger partial charge in [0.2, 0.25) is 5.95 Å². The number of nitrogens with one attached hydrogen (secondary N) is 2. The fourth-order valence-corrected chi connectivity index (χ4v) is 1.62. The highest BCUT2D eigenvalue weighted by Gasteiger charge is 2.01. The maximum Gasteiger partial charge on any atom is 0.229 e. The molecule has 0 unspecified atom stereocenters. The molecule has 5 nitrogen and oxygen atoms in total. The molecular weight excluding hydrogens is 250 g/mol. The highest BCUT2D eigenvalue weighted by Crippen LogP contribution is 2.15. The van der Waals surface area contributed by atoms with Crippen LogP contribution in [-0.4, -0.2) is 16.5 Å². The first kappa shape index (κ1) is 13.8. The molecule has 0 radical (unpaired) electrons. The standard InChI is InChI=1S/C15H17N5/c1-11(2)10-18-14-6-7-17-15(20-14)19-13-5-3-4-12(8-13)9-16/h3-8,11H,10H2,1-2H3,(H2,17,18,19,20). The minimum atomic E-state index is 0.508. The lowest BCUT2D eigenvalue weighted by Crippen LogP contribution is -2.10. The highest BCUT2D eigenvalue weighted by molar-refractivity contribution is 5.57. The lowest BCUT2D eigenvalue weighted by Gasteiger charge is -2.10. The van der Waals surface area contributed by atoms with E-state index in [4.69, 9.17) is 5.26 Å². The average Bonchev–Trinajstić information content (AvgIpc) is 2.46. The van der Waals surface area contributed by atoms with Crippen molar-refractivity contribution < 1.29 is 0 Å². The van der Waals surface area contributed by atoms with Crippen LogP contribution >= 0.6 is 0 Å². The molecule has 1 aromatic heterocycles. The number of nitriles is 1. The summed E-state index contributed by atoms with van der Waals surface area (Å²) >= 11 is 0. The van der Waals surface area contributed by atoms with Crippen LogP contribution in [0.15, 0.2) is 36.5 Å². The van der Waals surface area contributed by atoms with Crippen molar-refractivity contribution in [3.8, 4) is 6.07 Å². The third-order valence-electron chi connectivity index (χ3n) is 2.59. The molecule has 2 rings (SSSR count).